The van der Waals surface area contributed by atoms with Crippen molar-refractivity contribution in [1.82, 2.24) is 9.88 Å². The molecule has 5 heteroatoms. The predicted octanol–water partition coefficient (Wildman–Crippen LogP) is 2.06. The summed E-state index contributed by atoms with van der Waals surface area (Å²) in [6.45, 7) is 4.56. The zero-order chi connectivity index (χ0) is 13.3. The van der Waals surface area contributed by atoms with Gasteiger partial charge in [0.1, 0.15) is 0 Å². The van der Waals surface area contributed by atoms with Gasteiger partial charge in [-0.2, -0.15) is 0 Å². The minimum absolute atomic E-state index is 0.0110. The molecule has 0 bridgehead atoms. The lowest BCUT2D eigenvalue weighted by atomic mass is 10.1. The second-order valence-electron chi connectivity index (χ2n) is 5.05. The van der Waals surface area contributed by atoms with Crippen LogP contribution in [0.3, 0.4) is 0 Å². The molecule has 18 heavy (non-hydrogen) atoms. The third-order valence-corrected chi connectivity index (χ3v) is 3.18. The van der Waals surface area contributed by atoms with E-state index in [-0.39, 0.29) is 23.3 Å². The summed E-state index contributed by atoms with van der Waals surface area (Å²) in [5.74, 6) is -0.679. The summed E-state index contributed by atoms with van der Waals surface area (Å²) in [6.07, 6.45) is 3.66. The van der Waals surface area contributed by atoms with Crippen LogP contribution >= 0.6 is 0 Å². The van der Waals surface area contributed by atoms with Gasteiger partial charge in [0, 0.05) is 18.8 Å². The molecular formula is C13H18FN3O. The van der Waals surface area contributed by atoms with E-state index in [0.29, 0.717) is 12.5 Å². The molecule has 0 aromatic carbocycles. The van der Waals surface area contributed by atoms with Crippen LogP contribution in [0.4, 0.5) is 10.2 Å². The van der Waals surface area contributed by atoms with E-state index in [0.717, 1.165) is 12.8 Å². The number of anilines is 1. The number of carbonyl (C=O) groups excluding carboxylic acids is 1. The van der Waals surface area contributed by atoms with Gasteiger partial charge in [0.15, 0.2) is 11.6 Å². The maximum atomic E-state index is 13.8. The fraction of sp³-hybridized carbons (Fsp3) is 0.538. The van der Waals surface area contributed by atoms with E-state index in [1.54, 1.807) is 4.90 Å². The van der Waals surface area contributed by atoms with Crippen molar-refractivity contribution in [2.75, 3.05) is 12.3 Å². The summed E-state index contributed by atoms with van der Waals surface area (Å²) in [7, 11) is 0. The van der Waals surface area contributed by atoms with Crippen LogP contribution in [-0.4, -0.2) is 28.4 Å². The number of halogens is 1. The zero-order valence-electron chi connectivity index (χ0n) is 10.7. The summed E-state index contributed by atoms with van der Waals surface area (Å²) < 4.78 is 13.8. The van der Waals surface area contributed by atoms with Crippen LogP contribution in [0.1, 0.15) is 37.0 Å². The van der Waals surface area contributed by atoms with Crippen molar-refractivity contribution in [3.8, 4) is 0 Å². The highest BCUT2D eigenvalue weighted by molar-refractivity contribution is 5.95. The van der Waals surface area contributed by atoms with Gasteiger partial charge < -0.3 is 10.6 Å². The Labute approximate surface area is 106 Å². The molecule has 1 aromatic rings. The molecule has 0 unspecified atom stereocenters. The number of nitrogen functional groups attached to an aromatic ring is 1. The molecule has 98 valence electrons. The fourth-order valence-corrected chi connectivity index (χ4v) is 1.89. The highest BCUT2D eigenvalue weighted by atomic mass is 19.1. The Balaban J connectivity index is 2.23. The van der Waals surface area contributed by atoms with E-state index in [1.807, 2.05) is 13.8 Å². The normalized spacial score (nSPS) is 14.9. The molecule has 2 rings (SSSR count). The van der Waals surface area contributed by atoms with Crippen molar-refractivity contribution in [2.24, 2.45) is 5.92 Å². The lowest BCUT2D eigenvalue weighted by molar-refractivity contribution is 0.0691. The summed E-state index contributed by atoms with van der Waals surface area (Å²) in [4.78, 5) is 17.7. The van der Waals surface area contributed by atoms with Gasteiger partial charge in [-0.05, 0) is 38.7 Å². The largest absolute Gasteiger partial charge is 0.381 e. The van der Waals surface area contributed by atoms with Gasteiger partial charge in [0.25, 0.3) is 5.91 Å². The van der Waals surface area contributed by atoms with Crippen LogP contribution in [0.25, 0.3) is 0 Å². The minimum Gasteiger partial charge on any atom is -0.381 e. The van der Waals surface area contributed by atoms with E-state index in [4.69, 9.17) is 5.73 Å². The maximum Gasteiger partial charge on any atom is 0.257 e. The van der Waals surface area contributed by atoms with Crippen LogP contribution in [0.15, 0.2) is 12.3 Å². The second kappa shape index (κ2) is 4.92. The Bertz CT molecular complexity index is 458. The Morgan fingerprint density at radius 1 is 1.61 bits per heavy atom. The first-order valence-electron chi connectivity index (χ1n) is 6.21. The first kappa shape index (κ1) is 12.8. The van der Waals surface area contributed by atoms with Gasteiger partial charge >= 0.3 is 0 Å². The number of rotatable bonds is 4. The Morgan fingerprint density at radius 3 is 2.83 bits per heavy atom. The Kier molecular flexibility index (Phi) is 3.50. The molecule has 2 N–H and O–H groups in total. The number of amides is 1. The topological polar surface area (TPSA) is 59.2 Å². The molecule has 0 aliphatic heterocycles. The highest BCUT2D eigenvalue weighted by Crippen LogP contribution is 2.31. The molecule has 0 saturated heterocycles. The van der Waals surface area contributed by atoms with Gasteiger partial charge in [-0.25, -0.2) is 9.37 Å². The van der Waals surface area contributed by atoms with Gasteiger partial charge in [-0.15, -0.1) is 0 Å². The third-order valence-electron chi connectivity index (χ3n) is 3.18. The van der Waals surface area contributed by atoms with Gasteiger partial charge in [-0.1, -0.05) is 0 Å². The molecule has 0 atom stereocenters. The first-order chi connectivity index (χ1) is 8.50. The van der Waals surface area contributed by atoms with Crippen molar-refractivity contribution >= 4 is 11.7 Å². The van der Waals surface area contributed by atoms with E-state index in [1.165, 1.54) is 12.3 Å². The predicted molar refractivity (Wildman–Crippen MR) is 67.5 cm³/mol. The van der Waals surface area contributed by atoms with Crippen molar-refractivity contribution in [3.05, 3.63) is 23.6 Å². The monoisotopic (exact) mass is 251 g/mol. The summed E-state index contributed by atoms with van der Waals surface area (Å²) >= 11 is 0. The second-order valence-corrected chi connectivity index (χ2v) is 5.05. The van der Waals surface area contributed by atoms with Crippen LogP contribution in [-0.2, 0) is 0 Å². The van der Waals surface area contributed by atoms with E-state index < -0.39 is 5.82 Å². The number of nitrogens with two attached hydrogens (primary N) is 1. The molecule has 0 radical (unpaired) electrons. The molecule has 1 saturated carbocycles. The maximum absolute atomic E-state index is 13.8. The van der Waals surface area contributed by atoms with Crippen molar-refractivity contribution in [2.45, 2.75) is 32.7 Å². The van der Waals surface area contributed by atoms with Gasteiger partial charge in [0.2, 0.25) is 0 Å². The molecule has 0 spiro atoms. The summed E-state index contributed by atoms with van der Waals surface area (Å²) in [5.41, 5.74) is 5.40. The van der Waals surface area contributed by atoms with Gasteiger partial charge in [0.05, 0.1) is 5.56 Å². The first-order valence-corrected chi connectivity index (χ1v) is 6.21. The number of pyridine rings is 1. The van der Waals surface area contributed by atoms with E-state index >= 15 is 0 Å². The molecule has 1 heterocycles. The average molecular weight is 251 g/mol. The molecule has 1 aliphatic rings. The molecular weight excluding hydrogens is 233 g/mol. The van der Waals surface area contributed by atoms with Crippen LogP contribution < -0.4 is 5.73 Å². The third kappa shape index (κ3) is 2.60. The molecule has 1 amide bonds. The lowest BCUT2D eigenvalue weighted by Crippen LogP contribution is -2.39. The quantitative estimate of drug-likeness (QED) is 0.891. The van der Waals surface area contributed by atoms with Crippen molar-refractivity contribution in [3.63, 3.8) is 0 Å². The number of hydrogen-bond donors (Lipinski definition) is 1. The SMILES string of the molecule is CC(C)N(CC1CC1)C(=O)c1ccnc(N)c1F. The standard InChI is InChI=1S/C13H18FN3O/c1-8(2)17(7-9-3-4-9)13(18)10-5-6-16-12(15)11(10)14/h5-6,8-9H,3-4,7H2,1-2H3,(H2,15,16). The summed E-state index contributed by atoms with van der Waals surface area (Å²) in [6, 6.07) is 1.43. The average Bonchev–Trinajstić information content (AvgIpc) is 3.12. The fourth-order valence-electron chi connectivity index (χ4n) is 1.89. The molecule has 1 aromatic heterocycles. The number of nitrogens with zero attached hydrogens (tertiary/aromatic N) is 2. The van der Waals surface area contributed by atoms with Crippen LogP contribution in [0.5, 0.6) is 0 Å². The number of hydrogen-bond acceptors (Lipinski definition) is 3. The highest BCUT2D eigenvalue weighted by Gasteiger charge is 2.30. The zero-order valence-corrected chi connectivity index (χ0v) is 10.7. The molecule has 1 aliphatic carbocycles. The Hall–Kier alpha value is -1.65. The van der Waals surface area contributed by atoms with Crippen molar-refractivity contribution < 1.29 is 9.18 Å². The van der Waals surface area contributed by atoms with Crippen LogP contribution in [0.2, 0.25) is 0 Å². The van der Waals surface area contributed by atoms with Crippen molar-refractivity contribution in [1.29, 1.82) is 0 Å². The summed E-state index contributed by atoms with van der Waals surface area (Å²) in [5, 5.41) is 0. The molecule has 4 nitrogen and oxygen atoms in total. The van der Waals surface area contributed by atoms with E-state index in [9.17, 15) is 9.18 Å². The number of aromatic nitrogens is 1. The van der Waals surface area contributed by atoms with Gasteiger partial charge in [-0.3, -0.25) is 4.79 Å². The lowest BCUT2D eigenvalue weighted by Gasteiger charge is -2.27. The van der Waals surface area contributed by atoms with Crippen LogP contribution in [0, 0.1) is 11.7 Å². The van der Waals surface area contributed by atoms with E-state index in [2.05, 4.69) is 4.98 Å². The smallest absolute Gasteiger partial charge is 0.257 e. The minimum atomic E-state index is -0.719. The number of carbonyl (C=O) groups is 1. The molecule has 1 fully saturated rings. The Morgan fingerprint density at radius 2 is 2.28 bits per heavy atom.